The molecule has 15 N–H and O–H groups in total. The number of aliphatic hydroxyl groups is 2. The topological polar surface area (TPSA) is 346 Å². The van der Waals surface area contributed by atoms with Crippen LogP contribution in [0.15, 0.2) is 91.1 Å². The molecule has 0 bridgehead atoms. The molecule has 1 aromatic heterocycles. The summed E-state index contributed by atoms with van der Waals surface area (Å²) >= 11 is 0. The summed E-state index contributed by atoms with van der Waals surface area (Å²) in [5.74, 6) is -7.32. The van der Waals surface area contributed by atoms with Crippen LogP contribution in [-0.2, 0) is 57.6 Å². The minimum absolute atomic E-state index is 0.0145. The average molecular weight is 1050 g/mol. The number of carbonyl (C=O) groups excluding carboxylic acids is 8. The number of amides is 8. The minimum Gasteiger partial charge on any atom is -0.391 e. The number of fused-ring (bicyclic) bond motifs is 1. The van der Waals surface area contributed by atoms with E-state index in [2.05, 4.69) is 36.9 Å². The third kappa shape index (κ3) is 16.8. The van der Waals surface area contributed by atoms with Gasteiger partial charge in [0.15, 0.2) is 0 Å². The first-order valence-corrected chi connectivity index (χ1v) is 26.4. The summed E-state index contributed by atoms with van der Waals surface area (Å²) in [4.78, 5) is 117. The van der Waals surface area contributed by atoms with Crippen LogP contribution in [0.5, 0.6) is 0 Å². The van der Waals surface area contributed by atoms with E-state index < -0.39 is 108 Å². The highest BCUT2D eigenvalue weighted by atomic mass is 33.1. The molecule has 21 nitrogen and oxygen atoms in total. The zero-order valence-corrected chi connectivity index (χ0v) is 42.6. The van der Waals surface area contributed by atoms with Gasteiger partial charge in [-0.05, 0) is 68.8 Å². The Balaban J connectivity index is 1.59. The Bertz CT molecular complexity index is 2520. The molecule has 1 aliphatic heterocycles. The van der Waals surface area contributed by atoms with Gasteiger partial charge < -0.3 is 69.2 Å². The lowest BCUT2D eigenvalue weighted by Gasteiger charge is -2.33. The number of carbonyl (C=O) groups is 8. The van der Waals surface area contributed by atoms with Crippen LogP contribution in [0.4, 0.5) is 0 Å². The van der Waals surface area contributed by atoms with E-state index in [1.807, 2.05) is 30.3 Å². The molecule has 10 atom stereocenters. The quantitative estimate of drug-likeness (QED) is 0.0448. The van der Waals surface area contributed by atoms with E-state index in [1.165, 1.54) is 20.9 Å². The molecule has 3 aromatic carbocycles. The van der Waals surface area contributed by atoms with Gasteiger partial charge in [0.25, 0.3) is 0 Å². The lowest BCUT2D eigenvalue weighted by Crippen LogP contribution is -2.63. The number of rotatable bonds is 17. The van der Waals surface area contributed by atoms with Crippen LogP contribution in [0.25, 0.3) is 10.9 Å². The summed E-state index contributed by atoms with van der Waals surface area (Å²) < 4.78 is 0. The molecule has 0 unspecified atom stereocenters. The highest BCUT2D eigenvalue weighted by Gasteiger charge is 2.39. The van der Waals surface area contributed by atoms with Gasteiger partial charge in [-0.1, -0.05) is 100 Å². The molecule has 1 aliphatic rings. The summed E-state index contributed by atoms with van der Waals surface area (Å²) in [6.45, 7) is 2.73. The van der Waals surface area contributed by atoms with Crippen LogP contribution in [0.3, 0.4) is 0 Å². The number of nitrogens with zero attached hydrogens (tertiary/aromatic N) is 1. The summed E-state index contributed by atoms with van der Waals surface area (Å²) in [5.41, 5.74) is 20.5. The number of aliphatic hydroxyl groups excluding tert-OH is 2. The minimum atomic E-state index is -1.70. The second-order valence-corrected chi connectivity index (χ2v) is 20.5. The van der Waals surface area contributed by atoms with Crippen molar-refractivity contribution in [1.82, 2.24) is 41.8 Å². The van der Waals surface area contributed by atoms with Gasteiger partial charge in [0.1, 0.15) is 42.3 Å². The Morgan fingerprint density at radius 3 is 1.96 bits per heavy atom. The first-order chi connectivity index (χ1) is 34.9. The number of aromatic amines is 1. The molecule has 0 radical (unpaired) electrons. The average Bonchev–Trinajstić information content (AvgIpc) is 3.77. The van der Waals surface area contributed by atoms with Crippen molar-refractivity contribution in [3.63, 3.8) is 0 Å². The number of unbranched alkanes of at least 4 members (excludes halogenated alkanes) is 1. The molecule has 0 aliphatic carbocycles. The number of hydrogen-bond acceptors (Lipinski definition) is 14. The highest BCUT2D eigenvalue weighted by Crippen LogP contribution is 2.26. The maximum atomic E-state index is 14.8. The van der Waals surface area contributed by atoms with Gasteiger partial charge in [-0.2, -0.15) is 0 Å². The molecule has 0 spiro atoms. The number of nitrogens with two attached hydrogens (primary N) is 3. The normalized spacial score (nSPS) is 22.6. The zero-order valence-electron chi connectivity index (χ0n) is 41.0. The molecule has 73 heavy (non-hydrogen) atoms. The molecular formula is C50H67N11O10S2. The van der Waals surface area contributed by atoms with Crippen molar-refractivity contribution in [2.45, 2.75) is 113 Å². The lowest BCUT2D eigenvalue weighted by molar-refractivity contribution is -0.144. The number of benzene rings is 3. The van der Waals surface area contributed by atoms with Crippen LogP contribution < -0.4 is 49.1 Å². The van der Waals surface area contributed by atoms with Crippen LogP contribution in [0, 0.1) is 0 Å². The van der Waals surface area contributed by atoms with Crippen molar-refractivity contribution in [2.75, 3.05) is 25.1 Å². The van der Waals surface area contributed by atoms with E-state index in [-0.39, 0.29) is 43.7 Å². The largest absolute Gasteiger partial charge is 0.391 e. The third-order valence-corrected chi connectivity index (χ3v) is 14.7. The van der Waals surface area contributed by atoms with E-state index in [4.69, 9.17) is 17.2 Å². The van der Waals surface area contributed by atoms with Crippen molar-refractivity contribution in [1.29, 1.82) is 0 Å². The van der Waals surface area contributed by atoms with Gasteiger partial charge in [0.05, 0.1) is 18.2 Å². The van der Waals surface area contributed by atoms with Gasteiger partial charge >= 0.3 is 0 Å². The molecule has 0 saturated carbocycles. The second-order valence-electron chi connectivity index (χ2n) is 18.0. The number of hydrogen-bond donors (Lipinski definition) is 12. The third-order valence-electron chi connectivity index (χ3n) is 12.3. The molecule has 394 valence electrons. The lowest BCUT2D eigenvalue weighted by atomic mass is 10.0. The van der Waals surface area contributed by atoms with Crippen LogP contribution >= 0.6 is 21.6 Å². The van der Waals surface area contributed by atoms with E-state index in [9.17, 15) is 48.6 Å². The molecule has 1 fully saturated rings. The SMILES string of the molecule is C[C@@H](O)[C@H](NC(=O)[C@@H]1CSSC[C@H](NC(=O)[C@H](N)Cc2ccccc2)C(=O)N[C@@H](Cc2ccccc2)C(=O)N[C@H](Cc2c[nH]c3ccccc23)C(=O)N[C@@H](CCCCN)C(=O)N[C@@H]([C@@H](C)O)C(=O)N1C)C(N)=O. The summed E-state index contributed by atoms with van der Waals surface area (Å²) in [6.07, 6.45) is -0.541. The van der Waals surface area contributed by atoms with E-state index in [1.54, 1.807) is 60.8 Å². The predicted molar refractivity (Wildman–Crippen MR) is 279 cm³/mol. The Morgan fingerprint density at radius 1 is 0.753 bits per heavy atom. The standard InChI is InChI=1S/C50H67N11O10S2/c1-28(62)41(43(53)64)59-49(70)40-27-73-72-26-39(58-44(65)34(52)22-30-14-6-4-7-15-30)48(69)56-37(23-31-16-8-5-9-17-31)46(67)57-38(24-32-25-54-35-19-11-10-18-33(32)35)47(68)55-36(20-12-13-21-51)45(66)60-42(29(2)63)50(71)61(40)3/h4-11,14-19,25,28-29,34,36-42,54,62-63H,12-13,20-24,26-27,51-52H2,1-3H3,(H2,53,64)(H,55,68)(H,56,69)(H,57,67)(H,58,65)(H,59,70)(H,60,66)/t28-,29-,34-,36+,37+,38-,39+,40+,41+,42+/m1/s1. The number of aromatic nitrogens is 1. The highest BCUT2D eigenvalue weighted by molar-refractivity contribution is 8.76. The van der Waals surface area contributed by atoms with Gasteiger partial charge in [-0.15, -0.1) is 0 Å². The van der Waals surface area contributed by atoms with Gasteiger partial charge in [0, 0.05) is 48.5 Å². The molecule has 4 aromatic rings. The second kappa shape index (κ2) is 28.1. The van der Waals surface area contributed by atoms with Crippen molar-refractivity contribution in [3.05, 3.63) is 108 Å². The van der Waals surface area contributed by atoms with Crippen LogP contribution in [-0.4, -0.2) is 153 Å². The van der Waals surface area contributed by atoms with Crippen LogP contribution in [0.2, 0.25) is 0 Å². The fourth-order valence-corrected chi connectivity index (χ4v) is 10.5. The molecule has 8 amide bonds. The van der Waals surface area contributed by atoms with E-state index in [0.29, 0.717) is 24.0 Å². The fraction of sp³-hybridized carbons (Fsp3) is 0.440. The Labute approximate surface area is 431 Å². The number of likely N-dealkylation sites (N-methyl/N-ethyl adjacent to an activating group) is 1. The van der Waals surface area contributed by atoms with E-state index in [0.717, 1.165) is 43.0 Å². The van der Waals surface area contributed by atoms with Crippen molar-refractivity contribution < 1.29 is 48.6 Å². The number of primary amides is 1. The van der Waals surface area contributed by atoms with Gasteiger partial charge in [-0.25, -0.2) is 0 Å². The summed E-state index contributed by atoms with van der Waals surface area (Å²) in [7, 11) is 3.24. The van der Waals surface area contributed by atoms with Crippen molar-refractivity contribution in [3.8, 4) is 0 Å². The smallest absolute Gasteiger partial charge is 0.248 e. The Kier molecular flexibility index (Phi) is 22.1. The van der Waals surface area contributed by atoms with E-state index >= 15 is 0 Å². The Hall–Kier alpha value is -6.50. The molecular weight excluding hydrogens is 979 g/mol. The Morgan fingerprint density at radius 2 is 1.33 bits per heavy atom. The molecule has 5 rings (SSSR count). The number of nitrogens with one attached hydrogen (secondary N) is 7. The van der Waals surface area contributed by atoms with Crippen molar-refractivity contribution >= 4 is 79.7 Å². The predicted octanol–water partition coefficient (Wildman–Crippen LogP) is -0.970. The maximum Gasteiger partial charge on any atom is 0.248 e. The van der Waals surface area contributed by atoms with Crippen LogP contribution in [0.1, 0.15) is 49.8 Å². The molecule has 2 heterocycles. The van der Waals surface area contributed by atoms with Crippen molar-refractivity contribution in [2.24, 2.45) is 17.2 Å². The maximum absolute atomic E-state index is 14.8. The fourth-order valence-electron chi connectivity index (χ4n) is 8.08. The first-order valence-electron chi connectivity index (χ1n) is 24.0. The molecule has 1 saturated heterocycles. The zero-order chi connectivity index (χ0) is 53.2. The van der Waals surface area contributed by atoms with Gasteiger partial charge in [0.2, 0.25) is 47.3 Å². The summed E-state index contributed by atoms with van der Waals surface area (Å²) in [6, 6.07) is 13.9. The number of para-hydroxylation sites is 1. The van der Waals surface area contributed by atoms with Gasteiger partial charge in [-0.3, -0.25) is 38.4 Å². The summed E-state index contributed by atoms with van der Waals surface area (Å²) in [5, 5.41) is 38.2. The first kappa shape index (κ1) is 57.4. The monoisotopic (exact) mass is 1050 g/mol. The molecule has 23 heteroatoms. The number of H-pyrrole nitrogens is 1.